The van der Waals surface area contributed by atoms with Crippen molar-refractivity contribution in [2.45, 2.75) is 52.2 Å². The lowest BCUT2D eigenvalue weighted by Crippen LogP contribution is -2.51. The second-order valence-corrected chi connectivity index (χ2v) is 10.1. The topological polar surface area (TPSA) is 97.8 Å². The fourth-order valence-electron chi connectivity index (χ4n) is 4.34. The lowest BCUT2D eigenvalue weighted by atomic mass is 9.71. The highest BCUT2D eigenvalue weighted by molar-refractivity contribution is 5.98. The van der Waals surface area contributed by atoms with Crippen molar-refractivity contribution in [1.82, 2.24) is 9.88 Å². The van der Waals surface area contributed by atoms with Gasteiger partial charge in [0.05, 0.1) is 5.41 Å². The van der Waals surface area contributed by atoms with Gasteiger partial charge >= 0.3 is 12.1 Å². The van der Waals surface area contributed by atoms with Gasteiger partial charge in [-0.1, -0.05) is 30.3 Å². The minimum atomic E-state index is -0.593. The normalized spacial score (nSPS) is 17.1. The molecule has 1 spiro atoms. The van der Waals surface area contributed by atoms with Gasteiger partial charge in [-0.05, 0) is 68.9 Å². The highest BCUT2D eigenvalue weighted by Crippen LogP contribution is 2.41. The van der Waals surface area contributed by atoms with Gasteiger partial charge in [-0.15, -0.1) is 0 Å². The van der Waals surface area contributed by atoms with E-state index in [0.717, 1.165) is 16.7 Å². The zero-order valence-electron chi connectivity index (χ0n) is 20.4. The van der Waals surface area contributed by atoms with E-state index in [2.05, 4.69) is 10.3 Å². The summed E-state index contributed by atoms with van der Waals surface area (Å²) in [5, 5.41) is 2.93. The van der Waals surface area contributed by atoms with Crippen LogP contribution in [-0.2, 0) is 32.1 Å². The molecule has 184 valence electrons. The summed E-state index contributed by atoms with van der Waals surface area (Å²) in [6, 6.07) is 11.4. The molecule has 2 aliphatic rings. The second-order valence-electron chi connectivity index (χ2n) is 10.1. The third-order valence-electron chi connectivity index (χ3n) is 6.24. The molecule has 8 nitrogen and oxygen atoms in total. The molecule has 1 fully saturated rings. The number of nitrogens with one attached hydrogen (secondary N) is 1. The molecule has 0 aliphatic carbocycles. The molecule has 1 aromatic carbocycles. The number of aromatic nitrogens is 1. The van der Waals surface area contributed by atoms with Crippen LogP contribution in [0.3, 0.4) is 0 Å². The molecule has 0 saturated carbocycles. The lowest BCUT2D eigenvalue weighted by molar-refractivity contribution is -0.138. The number of nitrogens with zero attached hydrogens (tertiary/aromatic N) is 2. The van der Waals surface area contributed by atoms with Crippen LogP contribution in [0.25, 0.3) is 6.08 Å². The van der Waals surface area contributed by atoms with E-state index in [0.29, 0.717) is 38.2 Å². The number of pyridine rings is 1. The SMILES string of the molecule is CC(C)(C)OC(=O)N1CCC2(CC1)Cc1cc(C=CC(=O)OCc3ccccc3)cnc1NC2=O. The van der Waals surface area contributed by atoms with Crippen LogP contribution >= 0.6 is 0 Å². The number of ether oxygens (including phenoxy) is 2. The summed E-state index contributed by atoms with van der Waals surface area (Å²) in [5.41, 5.74) is 1.43. The minimum Gasteiger partial charge on any atom is -0.458 e. The van der Waals surface area contributed by atoms with Crippen molar-refractivity contribution in [2.75, 3.05) is 18.4 Å². The van der Waals surface area contributed by atoms with Crippen molar-refractivity contribution >= 4 is 29.9 Å². The van der Waals surface area contributed by atoms with Gasteiger partial charge in [-0.3, -0.25) is 4.79 Å². The molecule has 2 amide bonds. The van der Waals surface area contributed by atoms with Gasteiger partial charge in [0, 0.05) is 25.4 Å². The maximum Gasteiger partial charge on any atom is 0.410 e. The first-order valence-corrected chi connectivity index (χ1v) is 11.8. The van der Waals surface area contributed by atoms with Gasteiger partial charge in [0.15, 0.2) is 0 Å². The number of fused-ring (bicyclic) bond motifs is 1. The highest BCUT2D eigenvalue weighted by atomic mass is 16.6. The largest absolute Gasteiger partial charge is 0.458 e. The van der Waals surface area contributed by atoms with Crippen molar-refractivity contribution in [2.24, 2.45) is 5.41 Å². The van der Waals surface area contributed by atoms with Gasteiger partial charge < -0.3 is 19.7 Å². The van der Waals surface area contributed by atoms with E-state index in [1.165, 1.54) is 6.08 Å². The van der Waals surface area contributed by atoms with Gasteiger partial charge in [-0.2, -0.15) is 0 Å². The second kappa shape index (κ2) is 9.90. The van der Waals surface area contributed by atoms with E-state index in [4.69, 9.17) is 9.47 Å². The Labute approximate surface area is 205 Å². The smallest absolute Gasteiger partial charge is 0.410 e. The lowest BCUT2D eigenvalue weighted by Gasteiger charge is -2.43. The zero-order valence-corrected chi connectivity index (χ0v) is 20.4. The third kappa shape index (κ3) is 6.07. The van der Waals surface area contributed by atoms with Crippen molar-refractivity contribution in [3.63, 3.8) is 0 Å². The third-order valence-corrected chi connectivity index (χ3v) is 6.24. The van der Waals surface area contributed by atoms with Gasteiger partial charge in [0.25, 0.3) is 0 Å². The zero-order chi connectivity index (χ0) is 25.1. The van der Waals surface area contributed by atoms with Crippen LogP contribution in [0, 0.1) is 5.41 Å². The first-order chi connectivity index (χ1) is 16.6. The Morgan fingerprint density at radius 2 is 1.89 bits per heavy atom. The monoisotopic (exact) mass is 477 g/mol. The molecule has 35 heavy (non-hydrogen) atoms. The number of rotatable bonds is 4. The fourth-order valence-corrected chi connectivity index (χ4v) is 4.34. The number of esters is 1. The van der Waals surface area contributed by atoms with E-state index in [1.807, 2.05) is 57.2 Å². The number of hydrogen-bond donors (Lipinski definition) is 1. The van der Waals surface area contributed by atoms with Crippen LogP contribution in [-0.4, -0.2) is 46.5 Å². The molecule has 0 radical (unpaired) electrons. The quantitative estimate of drug-likeness (QED) is 0.519. The maximum atomic E-state index is 13.0. The number of benzene rings is 1. The Morgan fingerprint density at radius 1 is 1.17 bits per heavy atom. The average molecular weight is 478 g/mol. The predicted octanol–water partition coefficient (Wildman–Crippen LogP) is 4.35. The number of piperidine rings is 1. The Morgan fingerprint density at radius 3 is 2.57 bits per heavy atom. The van der Waals surface area contributed by atoms with Gasteiger partial charge in [-0.25, -0.2) is 14.6 Å². The van der Waals surface area contributed by atoms with Crippen molar-refractivity contribution in [3.8, 4) is 0 Å². The summed E-state index contributed by atoms with van der Waals surface area (Å²) in [4.78, 5) is 43.5. The van der Waals surface area contributed by atoms with Crippen LogP contribution in [0.15, 0.2) is 48.7 Å². The summed E-state index contributed by atoms with van der Waals surface area (Å²) >= 11 is 0. The highest BCUT2D eigenvalue weighted by Gasteiger charge is 2.46. The van der Waals surface area contributed by atoms with Crippen molar-refractivity contribution in [3.05, 3.63) is 65.4 Å². The summed E-state index contributed by atoms with van der Waals surface area (Å²) in [7, 11) is 0. The Bertz CT molecular complexity index is 1130. The Kier molecular flexibility index (Phi) is 6.91. The van der Waals surface area contributed by atoms with Gasteiger partial charge in [0.1, 0.15) is 18.0 Å². The number of anilines is 1. The first-order valence-electron chi connectivity index (χ1n) is 11.8. The number of amides is 2. The van der Waals surface area contributed by atoms with E-state index in [1.54, 1.807) is 17.2 Å². The summed E-state index contributed by atoms with van der Waals surface area (Å²) in [6.45, 7) is 6.63. The summed E-state index contributed by atoms with van der Waals surface area (Å²) in [6.07, 6.45) is 5.93. The Balaban J connectivity index is 1.38. The van der Waals surface area contributed by atoms with E-state index in [9.17, 15) is 14.4 Å². The maximum absolute atomic E-state index is 13.0. The standard InChI is InChI=1S/C27H31N3O5/c1-26(2,3)35-25(33)30-13-11-27(12-14-30)16-21-15-20(17-28-23(21)29-24(27)32)9-10-22(31)34-18-19-7-5-4-6-8-19/h4-10,15,17H,11-14,16,18H2,1-3H3,(H,28,29,32). The average Bonchev–Trinajstić information content (AvgIpc) is 2.82. The van der Waals surface area contributed by atoms with E-state index in [-0.39, 0.29) is 18.6 Å². The molecule has 3 heterocycles. The predicted molar refractivity (Wildman–Crippen MR) is 131 cm³/mol. The van der Waals surface area contributed by atoms with Crippen LogP contribution < -0.4 is 5.32 Å². The molecular weight excluding hydrogens is 446 g/mol. The molecule has 8 heteroatoms. The van der Waals surface area contributed by atoms with Crippen molar-refractivity contribution in [1.29, 1.82) is 0 Å². The van der Waals surface area contributed by atoms with E-state index >= 15 is 0 Å². The van der Waals surface area contributed by atoms with Crippen LogP contribution in [0.1, 0.15) is 50.3 Å². The Hall–Kier alpha value is -3.68. The van der Waals surface area contributed by atoms with Gasteiger partial charge in [0.2, 0.25) is 5.91 Å². The summed E-state index contributed by atoms with van der Waals surface area (Å²) in [5.74, 6) is 0.0407. The van der Waals surface area contributed by atoms with Crippen molar-refractivity contribution < 1.29 is 23.9 Å². The molecule has 0 unspecified atom stereocenters. The molecule has 1 N–H and O–H groups in total. The summed E-state index contributed by atoms with van der Waals surface area (Å²) < 4.78 is 10.8. The fraction of sp³-hybridized carbons (Fsp3) is 0.407. The number of carbonyl (C=O) groups excluding carboxylic acids is 3. The van der Waals surface area contributed by atoms with Crippen LogP contribution in [0.4, 0.5) is 10.6 Å². The number of carbonyl (C=O) groups is 3. The first kappa shape index (κ1) is 24.4. The molecule has 0 bridgehead atoms. The number of likely N-dealkylation sites (tertiary alicyclic amines) is 1. The van der Waals surface area contributed by atoms with Crippen LogP contribution in [0.5, 0.6) is 0 Å². The molecule has 0 atom stereocenters. The molecule has 1 aromatic heterocycles. The minimum absolute atomic E-state index is 0.0610. The number of hydrogen-bond acceptors (Lipinski definition) is 6. The van der Waals surface area contributed by atoms with E-state index < -0.39 is 17.0 Å². The molecule has 2 aliphatic heterocycles. The molecule has 1 saturated heterocycles. The molecule has 4 rings (SSSR count). The van der Waals surface area contributed by atoms with Crippen LogP contribution in [0.2, 0.25) is 0 Å². The molecule has 2 aromatic rings. The molecular formula is C27H31N3O5.